The zero-order valence-corrected chi connectivity index (χ0v) is 16.9. The third kappa shape index (κ3) is 2.68. The Morgan fingerprint density at radius 1 is 0.750 bits per heavy atom. The van der Waals surface area contributed by atoms with Gasteiger partial charge in [0.05, 0.1) is 0 Å². The highest BCUT2D eigenvalue weighted by atomic mass is 79.9. The Morgan fingerprint density at radius 2 is 1.36 bits per heavy atom. The van der Waals surface area contributed by atoms with Gasteiger partial charge in [0.25, 0.3) is 0 Å². The van der Waals surface area contributed by atoms with Crippen LogP contribution in [0.5, 0.6) is 5.75 Å². The molecule has 0 saturated heterocycles. The standard InChI is InChI=1S/C26H19BrO/c27-18-20-17-19-9-7-8-14-23(19)24-15-16-26(28-25(20)24,21-10-3-1-4-11-21)22-12-5-2-6-13-22/h1-17H,18H2. The van der Waals surface area contributed by atoms with Gasteiger partial charge < -0.3 is 4.74 Å². The Kier molecular flexibility index (Phi) is 4.29. The minimum atomic E-state index is -0.644. The summed E-state index contributed by atoms with van der Waals surface area (Å²) in [5, 5.41) is 3.19. The number of ether oxygens (including phenoxy) is 1. The fraction of sp³-hybridized carbons (Fsp3) is 0.0769. The third-order valence-electron chi connectivity index (χ3n) is 5.41. The molecule has 0 spiro atoms. The summed E-state index contributed by atoms with van der Waals surface area (Å²) in [4.78, 5) is 0. The first kappa shape index (κ1) is 17.3. The number of hydrogen-bond donors (Lipinski definition) is 0. The zero-order chi connectivity index (χ0) is 19.0. The fourth-order valence-electron chi connectivity index (χ4n) is 4.05. The summed E-state index contributed by atoms with van der Waals surface area (Å²) in [5.41, 5.74) is 3.91. The molecule has 4 aromatic carbocycles. The second-order valence-corrected chi connectivity index (χ2v) is 7.60. The van der Waals surface area contributed by atoms with Crippen molar-refractivity contribution in [3.63, 3.8) is 0 Å². The lowest BCUT2D eigenvalue weighted by molar-refractivity contribution is 0.160. The average Bonchev–Trinajstić information content (AvgIpc) is 2.79. The van der Waals surface area contributed by atoms with Gasteiger partial charge in [-0.3, -0.25) is 0 Å². The van der Waals surface area contributed by atoms with E-state index in [-0.39, 0.29) is 0 Å². The van der Waals surface area contributed by atoms with Crippen molar-refractivity contribution in [2.75, 3.05) is 0 Å². The molecule has 0 bridgehead atoms. The number of fused-ring (bicyclic) bond motifs is 3. The smallest absolute Gasteiger partial charge is 0.178 e. The van der Waals surface area contributed by atoms with Crippen LogP contribution in [0.25, 0.3) is 16.8 Å². The summed E-state index contributed by atoms with van der Waals surface area (Å²) in [6, 6.07) is 31.6. The van der Waals surface area contributed by atoms with Crippen LogP contribution in [0.3, 0.4) is 0 Å². The molecule has 0 aliphatic carbocycles. The maximum atomic E-state index is 6.91. The Morgan fingerprint density at radius 3 is 2.00 bits per heavy atom. The Hall–Kier alpha value is -2.84. The van der Waals surface area contributed by atoms with Crippen molar-refractivity contribution in [1.82, 2.24) is 0 Å². The maximum absolute atomic E-state index is 6.91. The van der Waals surface area contributed by atoms with Gasteiger partial charge >= 0.3 is 0 Å². The van der Waals surface area contributed by atoms with E-state index in [0.717, 1.165) is 33.3 Å². The molecule has 1 aliphatic heterocycles. The molecule has 0 fully saturated rings. The average molecular weight is 427 g/mol. The molecule has 0 N–H and O–H groups in total. The molecule has 1 aliphatic rings. The number of rotatable bonds is 3. The van der Waals surface area contributed by atoms with Crippen molar-refractivity contribution in [2.45, 2.75) is 10.9 Å². The summed E-state index contributed by atoms with van der Waals surface area (Å²) in [6.45, 7) is 0. The molecule has 5 rings (SSSR count). The lowest BCUT2D eigenvalue weighted by atomic mass is 9.83. The van der Waals surface area contributed by atoms with Gasteiger partial charge in [0, 0.05) is 27.6 Å². The van der Waals surface area contributed by atoms with E-state index in [1.807, 2.05) is 12.1 Å². The van der Waals surface area contributed by atoms with Crippen LogP contribution in [0.15, 0.2) is 97.1 Å². The summed E-state index contributed by atoms with van der Waals surface area (Å²) in [6.07, 6.45) is 4.43. The van der Waals surface area contributed by atoms with Crippen LogP contribution in [0, 0.1) is 0 Å². The molecule has 4 aromatic rings. The molecule has 28 heavy (non-hydrogen) atoms. The van der Waals surface area contributed by atoms with Crippen molar-refractivity contribution in [2.24, 2.45) is 0 Å². The third-order valence-corrected chi connectivity index (χ3v) is 6.02. The molecule has 136 valence electrons. The largest absolute Gasteiger partial charge is 0.473 e. The highest BCUT2D eigenvalue weighted by Gasteiger charge is 2.38. The number of alkyl halides is 1. The van der Waals surface area contributed by atoms with Gasteiger partial charge in [-0.15, -0.1) is 0 Å². The molecule has 0 radical (unpaired) electrons. The van der Waals surface area contributed by atoms with Gasteiger partial charge in [-0.2, -0.15) is 0 Å². The summed E-state index contributed by atoms with van der Waals surface area (Å²) < 4.78 is 6.91. The highest BCUT2D eigenvalue weighted by Crippen LogP contribution is 2.46. The molecule has 0 unspecified atom stereocenters. The monoisotopic (exact) mass is 426 g/mol. The van der Waals surface area contributed by atoms with Gasteiger partial charge in [-0.05, 0) is 29.0 Å². The van der Waals surface area contributed by atoms with E-state index in [9.17, 15) is 0 Å². The van der Waals surface area contributed by atoms with Gasteiger partial charge in [0.1, 0.15) is 5.75 Å². The molecular weight excluding hydrogens is 408 g/mol. The lowest BCUT2D eigenvalue weighted by Gasteiger charge is -2.37. The molecule has 0 atom stereocenters. The van der Waals surface area contributed by atoms with Crippen LogP contribution in [0.1, 0.15) is 22.3 Å². The van der Waals surface area contributed by atoms with Crippen molar-refractivity contribution in [1.29, 1.82) is 0 Å². The van der Waals surface area contributed by atoms with Crippen LogP contribution in [-0.4, -0.2) is 0 Å². The Labute approximate surface area is 173 Å². The van der Waals surface area contributed by atoms with E-state index in [1.54, 1.807) is 0 Å². The van der Waals surface area contributed by atoms with Gasteiger partial charge in [0.15, 0.2) is 5.60 Å². The van der Waals surface area contributed by atoms with Gasteiger partial charge in [-0.1, -0.05) is 101 Å². The van der Waals surface area contributed by atoms with E-state index in [2.05, 4.69) is 107 Å². The molecule has 0 aromatic heterocycles. The van der Waals surface area contributed by atoms with E-state index >= 15 is 0 Å². The van der Waals surface area contributed by atoms with Crippen LogP contribution < -0.4 is 4.74 Å². The summed E-state index contributed by atoms with van der Waals surface area (Å²) >= 11 is 3.67. The van der Waals surface area contributed by atoms with Crippen LogP contribution >= 0.6 is 15.9 Å². The van der Waals surface area contributed by atoms with Crippen molar-refractivity contribution < 1.29 is 4.74 Å². The van der Waals surface area contributed by atoms with Crippen molar-refractivity contribution in [3.05, 3.63) is 119 Å². The minimum absolute atomic E-state index is 0.644. The summed E-state index contributed by atoms with van der Waals surface area (Å²) in [5.74, 6) is 0.950. The van der Waals surface area contributed by atoms with E-state index in [1.165, 1.54) is 10.8 Å². The number of hydrogen-bond acceptors (Lipinski definition) is 1. The molecule has 1 heterocycles. The SMILES string of the molecule is BrCc1cc2ccccc2c2c1OC(c1ccccc1)(c1ccccc1)C=C2. The van der Waals surface area contributed by atoms with Crippen LogP contribution in [0.4, 0.5) is 0 Å². The van der Waals surface area contributed by atoms with Crippen molar-refractivity contribution in [3.8, 4) is 5.75 Å². The normalized spacial score (nSPS) is 14.5. The molecule has 1 nitrogen and oxygen atoms in total. The van der Waals surface area contributed by atoms with Gasteiger partial charge in [-0.25, -0.2) is 0 Å². The molecule has 0 saturated carbocycles. The van der Waals surface area contributed by atoms with E-state index < -0.39 is 5.60 Å². The lowest BCUT2D eigenvalue weighted by Crippen LogP contribution is -2.34. The second-order valence-electron chi connectivity index (χ2n) is 7.04. The second kappa shape index (κ2) is 6.96. The van der Waals surface area contributed by atoms with E-state index in [4.69, 9.17) is 4.74 Å². The predicted molar refractivity (Wildman–Crippen MR) is 120 cm³/mol. The predicted octanol–water partition coefficient (Wildman–Crippen LogP) is 7.08. The topological polar surface area (TPSA) is 9.23 Å². The van der Waals surface area contributed by atoms with Gasteiger partial charge in [0.2, 0.25) is 0 Å². The Bertz CT molecular complexity index is 1120. The van der Waals surface area contributed by atoms with Crippen LogP contribution in [-0.2, 0) is 10.9 Å². The zero-order valence-electron chi connectivity index (χ0n) is 15.3. The number of halogens is 1. The summed E-state index contributed by atoms with van der Waals surface area (Å²) in [7, 11) is 0. The molecule has 0 amide bonds. The molecule has 2 heteroatoms. The van der Waals surface area contributed by atoms with Crippen molar-refractivity contribution >= 4 is 32.8 Å². The first-order valence-electron chi connectivity index (χ1n) is 9.42. The first-order valence-corrected chi connectivity index (χ1v) is 10.5. The molecular formula is C26H19BrO. The fourth-order valence-corrected chi connectivity index (χ4v) is 4.46. The first-order chi connectivity index (χ1) is 13.8. The Balaban J connectivity index is 1.79. The highest BCUT2D eigenvalue weighted by molar-refractivity contribution is 9.08. The quantitative estimate of drug-likeness (QED) is 0.317. The minimum Gasteiger partial charge on any atom is -0.473 e. The maximum Gasteiger partial charge on any atom is 0.178 e. The number of benzene rings is 4. The van der Waals surface area contributed by atoms with Crippen LogP contribution in [0.2, 0.25) is 0 Å². The van der Waals surface area contributed by atoms with E-state index in [0.29, 0.717) is 0 Å².